The molecule has 0 aliphatic heterocycles. The molecule has 4 nitrogen and oxygen atoms in total. The predicted octanol–water partition coefficient (Wildman–Crippen LogP) is 4.40. The highest BCUT2D eigenvalue weighted by Crippen LogP contribution is 2.30. The van der Waals surface area contributed by atoms with Gasteiger partial charge in [-0.25, -0.2) is 0 Å². The van der Waals surface area contributed by atoms with Gasteiger partial charge in [0.05, 0.1) is 12.1 Å². The smallest absolute Gasteiger partial charge is 0.368 e. The summed E-state index contributed by atoms with van der Waals surface area (Å²) in [7, 11) is 0. The van der Waals surface area contributed by atoms with Crippen LogP contribution in [-0.4, -0.2) is 23.3 Å². The van der Waals surface area contributed by atoms with Crippen molar-refractivity contribution in [2.75, 3.05) is 6.54 Å². The molecular weight excluding hydrogens is 381 g/mol. The fourth-order valence-electron chi connectivity index (χ4n) is 3.28. The summed E-state index contributed by atoms with van der Waals surface area (Å²) >= 11 is 0. The monoisotopic (exact) mass is 406 g/mol. The van der Waals surface area contributed by atoms with Crippen LogP contribution in [0.3, 0.4) is 0 Å². The molecule has 7 heteroatoms. The molecule has 0 spiro atoms. The Labute approximate surface area is 168 Å². The average Bonchev–Trinajstić information content (AvgIpc) is 3.23. The number of nitrogens with zero attached hydrogens (tertiary/aromatic N) is 1. The van der Waals surface area contributed by atoms with Gasteiger partial charge in [0.2, 0.25) is 11.8 Å². The molecule has 0 heterocycles. The summed E-state index contributed by atoms with van der Waals surface area (Å²) in [5.74, 6) is -1.05. The zero-order chi connectivity index (χ0) is 21.3. The van der Waals surface area contributed by atoms with Crippen molar-refractivity contribution < 1.29 is 22.8 Å². The van der Waals surface area contributed by atoms with Gasteiger partial charge in [-0.3, -0.25) is 9.59 Å². The topological polar surface area (TPSA) is 63.4 Å². The number of rotatable bonds is 5. The Morgan fingerprint density at radius 2 is 1.52 bits per heavy atom. The number of nitrogens with two attached hydrogens (primary N) is 1. The summed E-state index contributed by atoms with van der Waals surface area (Å²) in [5.41, 5.74) is 4.72. The van der Waals surface area contributed by atoms with Gasteiger partial charge in [0, 0.05) is 12.5 Å². The molecule has 0 aromatic heterocycles. The molecule has 0 radical (unpaired) electrons. The SMILES string of the molecule is NC(=O)CN(Cc1cccc(C(F)(F)F)c1)C(=O)C1CCCC1.c1ccccc1. The molecule has 0 saturated heterocycles. The van der Waals surface area contributed by atoms with E-state index < -0.39 is 17.6 Å². The van der Waals surface area contributed by atoms with Crippen molar-refractivity contribution in [2.24, 2.45) is 11.7 Å². The third-order valence-electron chi connectivity index (χ3n) is 4.66. The molecule has 1 fully saturated rings. The van der Waals surface area contributed by atoms with Crippen LogP contribution in [-0.2, 0) is 22.3 Å². The van der Waals surface area contributed by atoms with E-state index in [0.29, 0.717) is 5.56 Å². The van der Waals surface area contributed by atoms with Crippen molar-refractivity contribution in [2.45, 2.75) is 38.4 Å². The first-order valence-electron chi connectivity index (χ1n) is 9.50. The number of carbonyl (C=O) groups is 2. The van der Waals surface area contributed by atoms with E-state index in [0.717, 1.165) is 37.8 Å². The second-order valence-corrected chi connectivity index (χ2v) is 6.99. The van der Waals surface area contributed by atoms with Crippen molar-refractivity contribution in [1.29, 1.82) is 0 Å². The van der Waals surface area contributed by atoms with E-state index in [-0.39, 0.29) is 24.9 Å². The molecule has 156 valence electrons. The van der Waals surface area contributed by atoms with E-state index in [4.69, 9.17) is 5.73 Å². The van der Waals surface area contributed by atoms with Gasteiger partial charge in [0.15, 0.2) is 0 Å². The number of amides is 2. The van der Waals surface area contributed by atoms with Crippen LogP contribution in [0, 0.1) is 5.92 Å². The highest BCUT2D eigenvalue weighted by atomic mass is 19.4. The number of hydrogen-bond donors (Lipinski definition) is 1. The number of hydrogen-bond acceptors (Lipinski definition) is 2. The standard InChI is InChI=1S/C16H19F3N2O2.C6H6/c17-16(18,19)13-7-3-4-11(8-13)9-21(10-14(20)22)15(23)12-5-1-2-6-12;1-2-4-6-5-3-1/h3-4,7-8,12H,1-2,5-6,9-10H2,(H2,20,22);1-6H. The average molecular weight is 406 g/mol. The molecule has 1 saturated carbocycles. The molecule has 2 amide bonds. The predicted molar refractivity (Wildman–Crippen MR) is 104 cm³/mol. The number of alkyl halides is 3. The lowest BCUT2D eigenvalue weighted by Gasteiger charge is -2.24. The first kappa shape index (κ1) is 22.5. The normalized spacial score (nSPS) is 14.0. The third-order valence-corrected chi connectivity index (χ3v) is 4.66. The summed E-state index contributed by atoms with van der Waals surface area (Å²) < 4.78 is 38.3. The maximum Gasteiger partial charge on any atom is 0.416 e. The molecule has 0 unspecified atom stereocenters. The Balaban J connectivity index is 0.000000426. The molecule has 2 N–H and O–H groups in total. The maximum atomic E-state index is 12.8. The fraction of sp³-hybridized carbons (Fsp3) is 0.364. The van der Waals surface area contributed by atoms with Gasteiger partial charge in [-0.2, -0.15) is 13.2 Å². The summed E-state index contributed by atoms with van der Waals surface area (Å²) in [5, 5.41) is 0. The lowest BCUT2D eigenvalue weighted by Crippen LogP contribution is -2.40. The Bertz CT molecular complexity index is 761. The Kier molecular flexibility index (Phi) is 8.24. The van der Waals surface area contributed by atoms with Gasteiger partial charge in [0.1, 0.15) is 0 Å². The fourth-order valence-corrected chi connectivity index (χ4v) is 3.28. The molecule has 3 rings (SSSR count). The van der Waals surface area contributed by atoms with Gasteiger partial charge in [-0.05, 0) is 30.5 Å². The van der Waals surface area contributed by atoms with E-state index in [2.05, 4.69) is 0 Å². The minimum absolute atomic E-state index is 0.0534. The Morgan fingerprint density at radius 3 is 2.00 bits per heavy atom. The van der Waals surface area contributed by atoms with Gasteiger partial charge >= 0.3 is 6.18 Å². The first-order chi connectivity index (χ1) is 13.8. The zero-order valence-corrected chi connectivity index (χ0v) is 16.1. The first-order valence-corrected chi connectivity index (χ1v) is 9.50. The van der Waals surface area contributed by atoms with E-state index in [1.54, 1.807) is 0 Å². The number of halogens is 3. The van der Waals surface area contributed by atoms with Crippen LogP contribution < -0.4 is 5.73 Å². The number of benzene rings is 2. The molecule has 29 heavy (non-hydrogen) atoms. The van der Waals surface area contributed by atoms with Crippen LogP contribution in [0.2, 0.25) is 0 Å². The molecule has 2 aromatic carbocycles. The van der Waals surface area contributed by atoms with Crippen molar-refractivity contribution >= 4 is 11.8 Å². The minimum atomic E-state index is -4.44. The lowest BCUT2D eigenvalue weighted by atomic mass is 10.1. The molecule has 0 bridgehead atoms. The largest absolute Gasteiger partial charge is 0.416 e. The summed E-state index contributed by atoms with van der Waals surface area (Å²) in [6, 6.07) is 16.8. The lowest BCUT2D eigenvalue weighted by molar-refractivity contribution is -0.139. The molecule has 0 atom stereocenters. The van der Waals surface area contributed by atoms with Crippen LogP contribution in [0.5, 0.6) is 0 Å². The van der Waals surface area contributed by atoms with Gasteiger partial charge in [0.25, 0.3) is 0 Å². The van der Waals surface area contributed by atoms with Crippen LogP contribution >= 0.6 is 0 Å². The van der Waals surface area contributed by atoms with Crippen molar-refractivity contribution in [3.8, 4) is 0 Å². The van der Waals surface area contributed by atoms with Gasteiger partial charge < -0.3 is 10.6 Å². The summed E-state index contributed by atoms with van der Waals surface area (Å²) in [4.78, 5) is 24.9. The van der Waals surface area contributed by atoms with Crippen LogP contribution in [0.15, 0.2) is 60.7 Å². The van der Waals surface area contributed by atoms with Crippen molar-refractivity contribution in [3.05, 3.63) is 71.8 Å². The number of carbonyl (C=O) groups excluding carboxylic acids is 2. The van der Waals surface area contributed by atoms with E-state index in [1.165, 1.54) is 17.0 Å². The van der Waals surface area contributed by atoms with E-state index in [9.17, 15) is 22.8 Å². The van der Waals surface area contributed by atoms with Crippen LogP contribution in [0.4, 0.5) is 13.2 Å². The Hall–Kier alpha value is -2.83. The number of primary amides is 1. The van der Waals surface area contributed by atoms with Crippen molar-refractivity contribution in [3.63, 3.8) is 0 Å². The molecule has 2 aromatic rings. The molecular formula is C22H25F3N2O2. The van der Waals surface area contributed by atoms with E-state index in [1.807, 2.05) is 36.4 Å². The van der Waals surface area contributed by atoms with Crippen LogP contribution in [0.25, 0.3) is 0 Å². The zero-order valence-electron chi connectivity index (χ0n) is 16.1. The molecule has 1 aliphatic rings. The quantitative estimate of drug-likeness (QED) is 0.800. The molecule has 1 aliphatic carbocycles. The third kappa shape index (κ3) is 7.60. The van der Waals surface area contributed by atoms with Gasteiger partial charge in [-0.15, -0.1) is 0 Å². The second kappa shape index (κ2) is 10.6. The Morgan fingerprint density at radius 1 is 0.966 bits per heavy atom. The van der Waals surface area contributed by atoms with Crippen molar-refractivity contribution in [1.82, 2.24) is 4.90 Å². The van der Waals surface area contributed by atoms with Crippen LogP contribution in [0.1, 0.15) is 36.8 Å². The highest BCUT2D eigenvalue weighted by Gasteiger charge is 2.31. The maximum absolute atomic E-state index is 12.8. The van der Waals surface area contributed by atoms with E-state index >= 15 is 0 Å². The van der Waals surface area contributed by atoms with Gasteiger partial charge in [-0.1, -0.05) is 61.4 Å². The second-order valence-electron chi connectivity index (χ2n) is 6.99. The minimum Gasteiger partial charge on any atom is -0.368 e. The summed E-state index contributed by atoms with van der Waals surface area (Å²) in [6.45, 7) is -0.340. The highest BCUT2D eigenvalue weighted by molar-refractivity contribution is 5.85. The summed E-state index contributed by atoms with van der Waals surface area (Å²) in [6.07, 6.45) is -1.05.